The molecule has 0 aliphatic carbocycles. The summed E-state index contributed by atoms with van der Waals surface area (Å²) >= 11 is 0. The van der Waals surface area contributed by atoms with E-state index < -0.39 is 31.0 Å². The van der Waals surface area contributed by atoms with Crippen LogP contribution < -0.4 is 0 Å². The van der Waals surface area contributed by atoms with Crippen LogP contribution in [0.25, 0.3) is 0 Å². The van der Waals surface area contributed by atoms with E-state index in [0.29, 0.717) is 13.1 Å². The third-order valence-corrected chi connectivity index (χ3v) is 10.1. The molecule has 150 valence electrons. The van der Waals surface area contributed by atoms with Crippen molar-refractivity contribution in [2.75, 3.05) is 18.1 Å². The topological polar surface area (TPSA) is 71.5 Å². The van der Waals surface area contributed by atoms with Crippen LogP contribution in [-0.2, 0) is 39.1 Å². The number of fused-ring (bicyclic) bond motifs is 1. The molecule has 2 atom stereocenters. The van der Waals surface area contributed by atoms with Crippen molar-refractivity contribution in [3.8, 4) is 0 Å². The highest BCUT2D eigenvalue weighted by atomic mass is 32.2. The molecule has 0 N–H and O–H groups in total. The zero-order valence-electron chi connectivity index (χ0n) is 15.9. The number of rotatable bonds is 4. The Morgan fingerprint density at radius 1 is 1.00 bits per heavy atom. The van der Waals surface area contributed by atoms with Crippen molar-refractivity contribution in [2.24, 2.45) is 0 Å². The Hall–Kier alpha value is -1.70. The number of sulfone groups is 2. The molecule has 7 heteroatoms. The number of benzene rings is 2. The lowest BCUT2D eigenvalue weighted by Crippen LogP contribution is -2.48. The molecule has 0 bridgehead atoms. The largest absolute Gasteiger partial charge is 0.293 e. The molecule has 28 heavy (non-hydrogen) atoms. The van der Waals surface area contributed by atoms with Gasteiger partial charge in [-0.25, -0.2) is 16.8 Å². The molecule has 1 saturated heterocycles. The standard InChI is InChI=1S/C21H25NO4S2/c1-2-16-7-9-19(10-8-16)28(25,26)21-15-27(23,24)14-20(21)22-12-11-17-5-3-4-6-18(17)13-22/h3-10,20-21H,2,11-15H2,1H3. The van der Waals surface area contributed by atoms with E-state index in [0.717, 1.165) is 24.0 Å². The van der Waals surface area contributed by atoms with Gasteiger partial charge in [0.15, 0.2) is 19.7 Å². The monoisotopic (exact) mass is 419 g/mol. The van der Waals surface area contributed by atoms with Gasteiger partial charge in [-0.05, 0) is 41.7 Å². The number of aryl methyl sites for hydroxylation is 1. The van der Waals surface area contributed by atoms with Crippen molar-refractivity contribution in [1.29, 1.82) is 0 Å². The second-order valence-corrected chi connectivity index (χ2v) is 12.0. The van der Waals surface area contributed by atoms with Crippen LogP contribution in [0.4, 0.5) is 0 Å². The number of nitrogens with zero attached hydrogens (tertiary/aromatic N) is 1. The molecule has 2 heterocycles. The van der Waals surface area contributed by atoms with Gasteiger partial charge < -0.3 is 0 Å². The first-order chi connectivity index (χ1) is 13.3. The predicted molar refractivity (Wildman–Crippen MR) is 110 cm³/mol. The second-order valence-electron chi connectivity index (χ2n) is 7.71. The Bertz CT molecular complexity index is 1080. The quantitative estimate of drug-likeness (QED) is 0.760. The van der Waals surface area contributed by atoms with Gasteiger partial charge in [-0.15, -0.1) is 0 Å². The first-order valence-electron chi connectivity index (χ1n) is 9.64. The highest BCUT2D eigenvalue weighted by molar-refractivity contribution is 7.96. The first-order valence-corrected chi connectivity index (χ1v) is 13.0. The van der Waals surface area contributed by atoms with Crippen molar-refractivity contribution in [2.45, 2.75) is 42.5 Å². The van der Waals surface area contributed by atoms with Crippen LogP contribution in [-0.4, -0.2) is 51.1 Å². The minimum atomic E-state index is -3.73. The Morgan fingerprint density at radius 3 is 2.36 bits per heavy atom. The average Bonchev–Trinajstić information content (AvgIpc) is 3.04. The molecule has 2 aliphatic rings. The molecule has 2 aliphatic heterocycles. The van der Waals surface area contributed by atoms with Gasteiger partial charge in [0, 0.05) is 19.1 Å². The predicted octanol–water partition coefficient (Wildman–Crippen LogP) is 2.25. The van der Waals surface area contributed by atoms with Gasteiger partial charge in [-0.1, -0.05) is 43.3 Å². The minimum Gasteiger partial charge on any atom is -0.293 e. The highest BCUT2D eigenvalue weighted by Gasteiger charge is 2.48. The lowest BCUT2D eigenvalue weighted by atomic mass is 9.98. The molecular formula is C21H25NO4S2. The van der Waals surface area contributed by atoms with Crippen LogP contribution in [0.15, 0.2) is 53.4 Å². The van der Waals surface area contributed by atoms with Crippen LogP contribution in [0.5, 0.6) is 0 Å². The molecule has 0 radical (unpaired) electrons. The zero-order valence-corrected chi connectivity index (χ0v) is 17.5. The van der Waals surface area contributed by atoms with Crippen molar-refractivity contribution in [3.63, 3.8) is 0 Å². The fourth-order valence-electron chi connectivity index (χ4n) is 4.32. The molecule has 2 aromatic carbocycles. The summed E-state index contributed by atoms with van der Waals surface area (Å²) in [5, 5.41) is -0.921. The number of hydrogen-bond donors (Lipinski definition) is 0. The van der Waals surface area contributed by atoms with Crippen LogP contribution >= 0.6 is 0 Å². The Balaban J connectivity index is 1.66. The first kappa shape index (κ1) is 19.6. The van der Waals surface area contributed by atoms with Crippen LogP contribution in [0, 0.1) is 0 Å². The van der Waals surface area contributed by atoms with E-state index in [9.17, 15) is 16.8 Å². The third-order valence-electron chi connectivity index (χ3n) is 5.96. The molecular weight excluding hydrogens is 394 g/mol. The summed E-state index contributed by atoms with van der Waals surface area (Å²) in [7, 11) is -7.13. The van der Waals surface area contributed by atoms with Crippen LogP contribution in [0.2, 0.25) is 0 Å². The molecule has 0 aromatic heterocycles. The smallest absolute Gasteiger partial charge is 0.183 e. The van der Waals surface area contributed by atoms with E-state index in [-0.39, 0.29) is 16.4 Å². The SMILES string of the molecule is CCc1ccc(S(=O)(=O)C2CS(=O)(=O)CC2N2CCc3ccccc3C2)cc1. The van der Waals surface area contributed by atoms with E-state index in [1.54, 1.807) is 12.1 Å². The van der Waals surface area contributed by atoms with Gasteiger partial charge >= 0.3 is 0 Å². The summed E-state index contributed by atoms with van der Waals surface area (Å²) in [5.41, 5.74) is 3.47. The van der Waals surface area contributed by atoms with E-state index >= 15 is 0 Å². The van der Waals surface area contributed by atoms with E-state index in [2.05, 4.69) is 11.0 Å². The summed E-state index contributed by atoms with van der Waals surface area (Å²) < 4.78 is 51.5. The Labute approximate surface area is 167 Å². The highest BCUT2D eigenvalue weighted by Crippen LogP contribution is 2.32. The van der Waals surface area contributed by atoms with E-state index in [1.165, 1.54) is 5.56 Å². The van der Waals surface area contributed by atoms with Gasteiger partial charge in [0.1, 0.15) is 0 Å². The number of hydrogen-bond acceptors (Lipinski definition) is 5. The molecule has 0 amide bonds. The fraction of sp³-hybridized carbons (Fsp3) is 0.429. The lowest BCUT2D eigenvalue weighted by molar-refractivity contribution is 0.195. The molecule has 5 nitrogen and oxygen atoms in total. The maximum atomic E-state index is 13.3. The van der Waals surface area contributed by atoms with Crippen molar-refractivity contribution in [3.05, 3.63) is 65.2 Å². The van der Waals surface area contributed by atoms with Gasteiger partial charge in [0.25, 0.3) is 0 Å². The summed E-state index contributed by atoms with van der Waals surface area (Å²) in [6.45, 7) is 3.28. The Morgan fingerprint density at radius 2 is 1.68 bits per heavy atom. The van der Waals surface area contributed by atoms with Crippen molar-refractivity contribution < 1.29 is 16.8 Å². The molecule has 2 aromatic rings. The molecule has 2 unspecified atom stereocenters. The van der Waals surface area contributed by atoms with Crippen LogP contribution in [0.3, 0.4) is 0 Å². The van der Waals surface area contributed by atoms with Gasteiger partial charge in [0.2, 0.25) is 0 Å². The van der Waals surface area contributed by atoms with Gasteiger partial charge in [0.05, 0.1) is 21.7 Å². The minimum absolute atomic E-state index is 0.0912. The lowest BCUT2D eigenvalue weighted by Gasteiger charge is -2.35. The van der Waals surface area contributed by atoms with Gasteiger partial charge in [-0.3, -0.25) is 4.90 Å². The van der Waals surface area contributed by atoms with Gasteiger partial charge in [-0.2, -0.15) is 0 Å². The normalized spacial score (nSPS) is 24.8. The molecule has 4 rings (SSSR count). The summed E-state index contributed by atoms with van der Waals surface area (Å²) in [4.78, 5) is 2.27. The Kier molecular flexibility index (Phi) is 5.10. The maximum absolute atomic E-state index is 13.3. The summed E-state index contributed by atoms with van der Waals surface area (Å²) in [6.07, 6.45) is 1.64. The van der Waals surface area contributed by atoms with E-state index in [4.69, 9.17) is 0 Å². The second kappa shape index (κ2) is 7.28. The maximum Gasteiger partial charge on any atom is 0.183 e. The van der Waals surface area contributed by atoms with E-state index in [1.807, 2.05) is 37.3 Å². The summed E-state index contributed by atoms with van der Waals surface area (Å²) in [5.74, 6) is -0.389. The molecule has 1 fully saturated rings. The molecule has 0 saturated carbocycles. The zero-order chi connectivity index (χ0) is 19.9. The fourth-order valence-corrected chi connectivity index (χ4v) is 9.15. The summed E-state index contributed by atoms with van der Waals surface area (Å²) in [6, 6.07) is 14.4. The van der Waals surface area contributed by atoms with Crippen LogP contribution in [0.1, 0.15) is 23.6 Å². The van der Waals surface area contributed by atoms with Crippen molar-refractivity contribution in [1.82, 2.24) is 4.90 Å². The third kappa shape index (κ3) is 3.63. The van der Waals surface area contributed by atoms with Crippen molar-refractivity contribution >= 4 is 19.7 Å². The molecule has 0 spiro atoms. The average molecular weight is 420 g/mol.